The molecule has 3 heteroatoms. The molecule has 1 atom stereocenters. The minimum Gasteiger partial charge on any atom is -0.515 e. The average molecular weight is 140 g/mol. The molecule has 1 aliphatic carbocycles. The molecule has 0 aromatic heterocycles. The largest absolute Gasteiger partial charge is 0.515 e. The summed E-state index contributed by atoms with van der Waals surface area (Å²) < 4.78 is 0. The van der Waals surface area contributed by atoms with Crippen LogP contribution in [-0.2, 0) is 9.59 Å². The number of allylic oxidation sites excluding steroid dienone is 1. The van der Waals surface area contributed by atoms with Crippen LogP contribution in [0.4, 0.5) is 0 Å². The van der Waals surface area contributed by atoms with E-state index >= 15 is 0 Å². The molecule has 0 saturated heterocycles. The van der Waals surface area contributed by atoms with Gasteiger partial charge in [-0.1, -0.05) is 6.92 Å². The number of rotatable bonds is 0. The summed E-state index contributed by atoms with van der Waals surface area (Å²) in [5, 5.41) is 8.42. The summed E-state index contributed by atoms with van der Waals surface area (Å²) in [5.74, 6) is -0.738. The topological polar surface area (TPSA) is 54.4 Å². The highest BCUT2D eigenvalue weighted by Gasteiger charge is 2.32. The van der Waals surface area contributed by atoms with Crippen LogP contribution in [0.15, 0.2) is 11.8 Å². The summed E-state index contributed by atoms with van der Waals surface area (Å²) in [5.41, 5.74) is -0.0486. The van der Waals surface area contributed by atoms with Crippen LogP contribution in [-0.4, -0.2) is 16.7 Å². The van der Waals surface area contributed by atoms with Gasteiger partial charge in [0.25, 0.3) is 0 Å². The molecule has 0 aromatic rings. The molecule has 1 N–H and O–H groups in total. The Hall–Kier alpha value is -1.12. The fourth-order valence-electron chi connectivity index (χ4n) is 1.02. The van der Waals surface area contributed by atoms with Crippen molar-refractivity contribution in [2.45, 2.75) is 13.3 Å². The monoisotopic (exact) mass is 140 g/mol. The number of hydrogen-bond donors (Lipinski definition) is 1. The zero-order valence-corrected chi connectivity index (χ0v) is 5.63. The quantitative estimate of drug-likeness (QED) is 0.304. The van der Waals surface area contributed by atoms with E-state index in [1.165, 1.54) is 0 Å². The van der Waals surface area contributed by atoms with Gasteiger partial charge in [0, 0.05) is 12.3 Å². The van der Waals surface area contributed by atoms with Crippen molar-refractivity contribution in [2.75, 3.05) is 0 Å². The van der Waals surface area contributed by atoms with Crippen LogP contribution in [0.3, 0.4) is 0 Å². The van der Waals surface area contributed by atoms with Crippen molar-refractivity contribution in [3.63, 3.8) is 0 Å². The van der Waals surface area contributed by atoms with E-state index in [0.29, 0.717) is 6.26 Å². The van der Waals surface area contributed by atoms with E-state index in [-0.39, 0.29) is 29.5 Å². The second-order valence-corrected chi connectivity index (χ2v) is 2.44. The van der Waals surface area contributed by atoms with E-state index in [9.17, 15) is 9.59 Å². The van der Waals surface area contributed by atoms with Gasteiger partial charge in [0.2, 0.25) is 0 Å². The van der Waals surface area contributed by atoms with E-state index in [1.807, 2.05) is 0 Å². The Kier molecular flexibility index (Phi) is 1.57. The Balaban J connectivity index is 2.96. The van der Waals surface area contributed by atoms with Gasteiger partial charge in [0.15, 0.2) is 11.6 Å². The third-order valence-electron chi connectivity index (χ3n) is 1.63. The van der Waals surface area contributed by atoms with Crippen LogP contribution in [0, 0.1) is 5.92 Å². The highest BCUT2D eigenvalue weighted by molar-refractivity contribution is 6.25. The summed E-state index contributed by atoms with van der Waals surface area (Å²) in [6, 6.07) is 0. The van der Waals surface area contributed by atoms with Crippen LogP contribution in [0.5, 0.6) is 0 Å². The number of Topliss-reactive ketones (excluding diaryl/α,β-unsaturated/α-hetero) is 2. The van der Waals surface area contributed by atoms with Crippen LogP contribution in [0.2, 0.25) is 0 Å². The molecule has 0 bridgehead atoms. The minimum atomic E-state index is -0.250. The van der Waals surface area contributed by atoms with E-state index in [4.69, 9.17) is 5.11 Å². The first kappa shape index (κ1) is 6.99. The third-order valence-corrected chi connectivity index (χ3v) is 1.63. The second kappa shape index (κ2) is 2.25. The van der Waals surface area contributed by atoms with Crippen molar-refractivity contribution in [3.8, 4) is 0 Å². The van der Waals surface area contributed by atoms with E-state index in [0.717, 1.165) is 0 Å². The second-order valence-electron chi connectivity index (χ2n) is 2.44. The summed E-state index contributed by atoms with van der Waals surface area (Å²) >= 11 is 0. The SMILES string of the molecule is C[C@H]1CC(=O)/C(=C/O)C1=O. The number of ketones is 2. The maximum Gasteiger partial charge on any atom is 0.172 e. The van der Waals surface area contributed by atoms with Crippen molar-refractivity contribution in [1.82, 2.24) is 0 Å². The fourth-order valence-corrected chi connectivity index (χ4v) is 1.02. The maximum atomic E-state index is 10.9. The normalized spacial score (nSPS) is 30.1. The van der Waals surface area contributed by atoms with Gasteiger partial charge in [-0.05, 0) is 0 Å². The molecule has 0 aliphatic heterocycles. The van der Waals surface area contributed by atoms with Crippen LogP contribution in [0.1, 0.15) is 13.3 Å². The minimum absolute atomic E-state index is 0.0486. The standard InChI is InChI=1S/C7H8O3/c1-4-2-6(9)5(3-8)7(4)10/h3-4,8H,2H2,1H3/b5-3-/t4-/m0/s1. The fraction of sp³-hybridized carbons (Fsp3) is 0.429. The first-order valence-electron chi connectivity index (χ1n) is 3.08. The molecule has 54 valence electrons. The molecule has 1 rings (SSSR count). The highest BCUT2D eigenvalue weighted by Crippen LogP contribution is 2.21. The van der Waals surface area contributed by atoms with Crippen LogP contribution >= 0.6 is 0 Å². The molecule has 10 heavy (non-hydrogen) atoms. The molecular formula is C7H8O3. The predicted octanol–water partition coefficient (Wildman–Crippen LogP) is 0.606. The molecule has 0 unspecified atom stereocenters. The number of carbonyl (C=O) groups is 2. The van der Waals surface area contributed by atoms with Crippen LogP contribution in [0.25, 0.3) is 0 Å². The molecule has 0 heterocycles. The number of hydrogen-bond acceptors (Lipinski definition) is 3. The third kappa shape index (κ3) is 0.835. The molecule has 0 aromatic carbocycles. The molecule has 1 fully saturated rings. The summed E-state index contributed by atoms with van der Waals surface area (Å²) in [6.45, 7) is 1.68. The van der Waals surface area contributed by atoms with Gasteiger partial charge >= 0.3 is 0 Å². The summed E-state index contributed by atoms with van der Waals surface area (Å²) in [6.07, 6.45) is 0.847. The van der Waals surface area contributed by atoms with E-state index in [2.05, 4.69) is 0 Å². The Morgan fingerprint density at radius 2 is 2.20 bits per heavy atom. The highest BCUT2D eigenvalue weighted by atomic mass is 16.2. The smallest absolute Gasteiger partial charge is 0.172 e. The first-order valence-corrected chi connectivity index (χ1v) is 3.08. The predicted molar refractivity (Wildman–Crippen MR) is 34.5 cm³/mol. The van der Waals surface area contributed by atoms with Gasteiger partial charge in [-0.15, -0.1) is 0 Å². The maximum absolute atomic E-state index is 10.9. The molecule has 0 amide bonds. The Bertz CT molecular complexity index is 215. The Morgan fingerprint density at radius 1 is 1.60 bits per heavy atom. The van der Waals surface area contributed by atoms with Gasteiger partial charge in [0.05, 0.1) is 11.8 Å². The molecule has 0 spiro atoms. The van der Waals surface area contributed by atoms with Crippen molar-refractivity contribution in [2.24, 2.45) is 5.92 Å². The molecule has 1 saturated carbocycles. The lowest BCUT2D eigenvalue weighted by atomic mass is 10.1. The number of carbonyl (C=O) groups excluding carboxylic acids is 2. The lowest BCUT2D eigenvalue weighted by Gasteiger charge is -1.90. The zero-order chi connectivity index (χ0) is 7.72. The van der Waals surface area contributed by atoms with Crippen molar-refractivity contribution in [3.05, 3.63) is 11.8 Å². The van der Waals surface area contributed by atoms with Gasteiger partial charge in [-0.25, -0.2) is 0 Å². The number of aliphatic hydroxyl groups is 1. The Labute approximate surface area is 58.4 Å². The van der Waals surface area contributed by atoms with Gasteiger partial charge < -0.3 is 5.11 Å². The number of aliphatic hydroxyl groups excluding tert-OH is 1. The van der Waals surface area contributed by atoms with Crippen molar-refractivity contribution < 1.29 is 14.7 Å². The summed E-state index contributed by atoms with van der Waals surface area (Å²) in [4.78, 5) is 21.7. The average Bonchev–Trinajstić information content (AvgIpc) is 2.09. The van der Waals surface area contributed by atoms with Crippen LogP contribution < -0.4 is 0 Å². The van der Waals surface area contributed by atoms with Gasteiger partial charge in [-0.2, -0.15) is 0 Å². The lowest BCUT2D eigenvalue weighted by molar-refractivity contribution is -0.117. The van der Waals surface area contributed by atoms with Gasteiger partial charge in [0.1, 0.15) is 0 Å². The summed E-state index contributed by atoms with van der Waals surface area (Å²) in [7, 11) is 0. The Morgan fingerprint density at radius 3 is 2.40 bits per heavy atom. The molecule has 1 aliphatic rings. The molecular weight excluding hydrogens is 132 g/mol. The van der Waals surface area contributed by atoms with Gasteiger partial charge in [-0.3, -0.25) is 9.59 Å². The zero-order valence-electron chi connectivity index (χ0n) is 5.63. The molecule has 0 radical (unpaired) electrons. The van der Waals surface area contributed by atoms with Crippen molar-refractivity contribution >= 4 is 11.6 Å². The lowest BCUT2D eigenvalue weighted by Crippen LogP contribution is -2.03. The van der Waals surface area contributed by atoms with E-state index in [1.54, 1.807) is 6.92 Å². The molecule has 3 nitrogen and oxygen atoms in total. The first-order chi connectivity index (χ1) is 4.66. The van der Waals surface area contributed by atoms with E-state index < -0.39 is 0 Å². The van der Waals surface area contributed by atoms with Crippen molar-refractivity contribution in [1.29, 1.82) is 0 Å².